The molecule has 3 saturated heterocycles. The summed E-state index contributed by atoms with van der Waals surface area (Å²) in [5.74, 6) is -1.56. The summed E-state index contributed by atoms with van der Waals surface area (Å²) in [6.45, 7) is 17.1. The van der Waals surface area contributed by atoms with Gasteiger partial charge in [-0.2, -0.15) is 0 Å². The molecule has 3 aliphatic heterocycles. The lowest BCUT2D eigenvalue weighted by Gasteiger charge is -2.23. The molecule has 0 radical (unpaired) electrons. The highest BCUT2D eigenvalue weighted by molar-refractivity contribution is 7.91. The van der Waals surface area contributed by atoms with E-state index in [1.165, 1.54) is 79.3 Å². The molecule has 0 aromatic heterocycles. The standard InChI is InChI=1S/C17H27N3O4S.C10H13NO5S.C7H16N2.C5H11NO.C2H3ClO2/c1-4-20-8-6-7-12(20)11-19-17(21)13-9-16(25(22,23)5-2)14(18)10-15(13)24-3;1-3-17(14,15)9-4-6(10(12)13)8(16-2)5-7(9)11;1-2-9-5-3-4-7(9)6-8;1-6-2-4-7-5-3-6;1-5-2(3)4/h9-10,12H,4-8,11,18H2,1-3H3,(H,19,21);4-5H,3,11H2,1-2H3,(H,12,13);7H,2-6,8H2,1H3;2-5H2,1H3;1H3/t12-;;7-;;/m0.0../s1. The first-order chi connectivity index (χ1) is 29.7. The van der Waals surface area contributed by atoms with Gasteiger partial charge < -0.3 is 51.5 Å². The van der Waals surface area contributed by atoms with Crippen LogP contribution in [0.1, 0.15) is 74.1 Å². The van der Waals surface area contributed by atoms with Gasteiger partial charge in [-0.15, -0.1) is 0 Å². The molecular weight excluding hydrogens is 882 g/mol. The molecule has 2 aromatic rings. The van der Waals surface area contributed by atoms with E-state index >= 15 is 0 Å². The highest BCUT2D eigenvalue weighted by Crippen LogP contribution is 2.30. The lowest BCUT2D eigenvalue weighted by molar-refractivity contribution is 0.0503. The van der Waals surface area contributed by atoms with Crippen LogP contribution in [0.3, 0.4) is 0 Å². The summed E-state index contributed by atoms with van der Waals surface area (Å²) < 4.78 is 66.8. The molecule has 360 valence electrons. The molecule has 3 aliphatic rings. The van der Waals surface area contributed by atoms with E-state index in [2.05, 4.69) is 57.2 Å². The maximum absolute atomic E-state index is 12.6. The highest BCUT2D eigenvalue weighted by atomic mass is 35.5. The molecule has 0 spiro atoms. The molecule has 3 heterocycles. The monoisotopic (exact) mass is 951 g/mol. The van der Waals surface area contributed by atoms with Gasteiger partial charge in [0.1, 0.15) is 17.1 Å². The minimum Gasteiger partial charge on any atom is -0.496 e. The molecular formula is C41H70ClN7O12S2. The Balaban J connectivity index is 0.000000446. The molecule has 19 nitrogen and oxygen atoms in total. The number of morpholine rings is 1. The van der Waals surface area contributed by atoms with Crippen molar-refractivity contribution in [3.8, 4) is 11.5 Å². The summed E-state index contributed by atoms with van der Waals surface area (Å²) in [5, 5.41) is 11.8. The summed E-state index contributed by atoms with van der Waals surface area (Å²) in [4.78, 5) is 39.7. The van der Waals surface area contributed by atoms with Gasteiger partial charge in [0.25, 0.3) is 5.91 Å². The van der Waals surface area contributed by atoms with E-state index in [1.54, 1.807) is 0 Å². The summed E-state index contributed by atoms with van der Waals surface area (Å²) >= 11 is 4.60. The molecule has 2 aromatic carbocycles. The third-order valence-electron chi connectivity index (χ3n) is 10.5. The number of amides is 1. The molecule has 1 amide bonds. The lowest BCUT2D eigenvalue weighted by atomic mass is 10.1. The molecule has 0 unspecified atom stereocenters. The summed E-state index contributed by atoms with van der Waals surface area (Å²) in [5.41, 5.74) is 16.2. The van der Waals surface area contributed by atoms with Crippen LogP contribution in [0.25, 0.3) is 0 Å². The van der Waals surface area contributed by atoms with E-state index in [0.29, 0.717) is 18.6 Å². The number of sulfone groups is 2. The molecule has 22 heteroatoms. The van der Waals surface area contributed by atoms with E-state index in [0.717, 1.165) is 64.8 Å². The van der Waals surface area contributed by atoms with Crippen LogP contribution in [-0.4, -0.2) is 171 Å². The topological polar surface area (TPSA) is 276 Å². The van der Waals surface area contributed by atoms with Gasteiger partial charge in [0, 0.05) is 62.0 Å². The second-order valence-corrected chi connectivity index (χ2v) is 19.2. The van der Waals surface area contributed by atoms with Gasteiger partial charge in [-0.05, 0) is 71.0 Å². The maximum atomic E-state index is 12.6. The average Bonchev–Trinajstić information content (AvgIpc) is 3.95. The van der Waals surface area contributed by atoms with Gasteiger partial charge in [0.2, 0.25) is 0 Å². The fourth-order valence-corrected chi connectivity index (χ4v) is 8.82. The van der Waals surface area contributed by atoms with Crippen molar-refractivity contribution < 1.29 is 55.3 Å². The van der Waals surface area contributed by atoms with E-state index < -0.39 is 31.1 Å². The van der Waals surface area contributed by atoms with Crippen molar-refractivity contribution in [3.63, 3.8) is 0 Å². The van der Waals surface area contributed by atoms with Crippen LogP contribution in [0.4, 0.5) is 16.2 Å². The Labute approximate surface area is 378 Å². The van der Waals surface area contributed by atoms with Crippen LogP contribution >= 0.6 is 11.6 Å². The Morgan fingerprint density at radius 2 is 1.21 bits per heavy atom. The number of halogens is 1. The Hall–Kier alpha value is -3.96. The number of aromatic carboxylic acids is 1. The molecule has 0 bridgehead atoms. The minimum atomic E-state index is -3.55. The van der Waals surface area contributed by atoms with E-state index in [4.69, 9.17) is 36.5 Å². The predicted molar refractivity (Wildman–Crippen MR) is 246 cm³/mol. The van der Waals surface area contributed by atoms with Gasteiger partial charge in [-0.1, -0.05) is 27.7 Å². The second kappa shape index (κ2) is 28.8. The SMILES string of the molecule is CCN1CCC[C@H]1CN.CCN1CCC[C@H]1CNC(=O)c1cc(S(=O)(=O)CC)c(N)cc1OC.CCS(=O)(=O)c1cc(C(=O)O)c(OC)cc1N.CN1CCOCC1.COC(=O)Cl. The number of hydrogen-bond acceptors (Lipinski definition) is 17. The molecule has 2 atom stereocenters. The largest absolute Gasteiger partial charge is 0.496 e. The van der Waals surface area contributed by atoms with Crippen molar-refractivity contribution in [1.29, 1.82) is 0 Å². The third kappa shape index (κ3) is 18.6. The van der Waals surface area contributed by atoms with Gasteiger partial charge in [0.15, 0.2) is 19.7 Å². The number of nitrogens with two attached hydrogens (primary N) is 3. The third-order valence-corrected chi connectivity index (χ3v) is 14.3. The van der Waals surface area contributed by atoms with E-state index in [-0.39, 0.29) is 61.2 Å². The molecule has 0 aliphatic carbocycles. The van der Waals surface area contributed by atoms with Crippen molar-refractivity contribution in [2.24, 2.45) is 5.73 Å². The van der Waals surface area contributed by atoms with Gasteiger partial charge in [-0.25, -0.2) is 26.4 Å². The van der Waals surface area contributed by atoms with Crippen LogP contribution in [-0.2, 0) is 29.1 Å². The molecule has 63 heavy (non-hydrogen) atoms. The number of nitrogens with zero attached hydrogens (tertiary/aromatic N) is 3. The fourth-order valence-electron chi connectivity index (χ4n) is 6.76. The number of nitrogens with one attached hydrogen (secondary N) is 1. The summed E-state index contributed by atoms with van der Waals surface area (Å²) in [6, 6.07) is 5.93. The maximum Gasteiger partial charge on any atom is 0.403 e. The number of nitrogen functional groups attached to an aromatic ring is 2. The zero-order valence-electron chi connectivity index (χ0n) is 38.0. The van der Waals surface area contributed by atoms with Crippen molar-refractivity contribution in [2.45, 2.75) is 75.3 Å². The molecule has 3 fully saturated rings. The Bertz CT molecular complexity index is 1960. The number of carbonyl (C=O) groups is 3. The lowest BCUT2D eigenvalue weighted by Crippen LogP contribution is -2.40. The van der Waals surface area contributed by atoms with Crippen LogP contribution in [0.2, 0.25) is 0 Å². The fraction of sp³-hybridized carbons (Fsp3) is 0.634. The Morgan fingerprint density at radius 1 is 0.778 bits per heavy atom. The minimum absolute atomic E-state index is 0.0197. The zero-order chi connectivity index (χ0) is 47.9. The predicted octanol–water partition coefficient (Wildman–Crippen LogP) is 3.42. The van der Waals surface area contributed by atoms with Gasteiger partial charge in [0.05, 0.1) is 72.8 Å². The smallest absolute Gasteiger partial charge is 0.403 e. The first-order valence-corrected chi connectivity index (χ1v) is 24.5. The van der Waals surface area contributed by atoms with Crippen molar-refractivity contribution >= 4 is 60.0 Å². The Kier molecular flexibility index (Phi) is 26.0. The number of likely N-dealkylation sites (tertiary alicyclic amines) is 2. The van der Waals surface area contributed by atoms with Crippen molar-refractivity contribution in [2.75, 3.05) is 117 Å². The number of rotatable bonds is 13. The number of anilines is 2. The number of carbonyl (C=O) groups excluding carboxylic acids is 2. The van der Waals surface area contributed by atoms with Crippen LogP contribution in [0.5, 0.6) is 11.5 Å². The second-order valence-electron chi connectivity index (χ2n) is 14.4. The van der Waals surface area contributed by atoms with E-state index in [1.807, 2.05) is 0 Å². The van der Waals surface area contributed by atoms with Crippen LogP contribution < -0.4 is 32.0 Å². The number of hydrogen-bond donors (Lipinski definition) is 5. The van der Waals surface area contributed by atoms with E-state index in [9.17, 15) is 31.2 Å². The normalized spacial score (nSPS) is 17.8. The molecule has 0 saturated carbocycles. The van der Waals surface area contributed by atoms with Gasteiger partial charge in [-0.3, -0.25) is 14.6 Å². The average molecular weight is 953 g/mol. The van der Waals surface area contributed by atoms with Crippen LogP contribution in [0, 0.1) is 0 Å². The quantitative estimate of drug-likeness (QED) is 0.142. The highest BCUT2D eigenvalue weighted by Gasteiger charge is 2.26. The Morgan fingerprint density at radius 3 is 1.56 bits per heavy atom. The number of ether oxygens (including phenoxy) is 4. The number of likely N-dealkylation sites (N-methyl/N-ethyl adjacent to an activating group) is 3. The molecule has 8 N–H and O–H groups in total. The van der Waals surface area contributed by atoms with Crippen molar-refractivity contribution in [1.82, 2.24) is 20.0 Å². The summed E-state index contributed by atoms with van der Waals surface area (Å²) in [7, 11) is -1.03. The number of benzene rings is 2. The van der Waals surface area contributed by atoms with Gasteiger partial charge >= 0.3 is 11.4 Å². The van der Waals surface area contributed by atoms with Crippen molar-refractivity contribution in [3.05, 3.63) is 35.4 Å². The first-order valence-electron chi connectivity index (χ1n) is 20.8. The summed E-state index contributed by atoms with van der Waals surface area (Å²) in [6.07, 6.45) is 4.82. The first kappa shape index (κ1) is 57.1. The number of carboxylic acid groups (broad SMARTS) is 1. The van der Waals surface area contributed by atoms with Crippen LogP contribution in [0.15, 0.2) is 34.1 Å². The molecule has 5 rings (SSSR count). The number of methoxy groups -OCH3 is 3. The zero-order valence-corrected chi connectivity index (χ0v) is 40.4. The number of carboxylic acids is 1.